The van der Waals surface area contributed by atoms with Crippen molar-refractivity contribution in [2.24, 2.45) is 0 Å². The van der Waals surface area contributed by atoms with Gasteiger partial charge >= 0.3 is 0 Å². The molecule has 0 bridgehead atoms. The van der Waals surface area contributed by atoms with Gasteiger partial charge in [0.25, 0.3) is 0 Å². The topological polar surface area (TPSA) is 0 Å². The quantitative estimate of drug-likeness (QED) is 0.470. The van der Waals surface area contributed by atoms with Crippen LogP contribution in [-0.4, -0.2) is 0 Å². The summed E-state index contributed by atoms with van der Waals surface area (Å²) in [6.07, 6.45) is 0. The van der Waals surface area contributed by atoms with Crippen molar-refractivity contribution in [2.75, 3.05) is 0 Å². The molecule has 0 unspecified atom stereocenters. The van der Waals surface area contributed by atoms with Crippen molar-refractivity contribution >= 4 is 11.6 Å². The standard InChI is InChI=1S/C18H11ClF.CH3.Y/c19-16-11-5-4-9-14(16)15-10-6-12-17(20)18(15)13-7-2-1-3-8-13;;/h1-7,9-12H;1H3;/q2*-1;. The van der Waals surface area contributed by atoms with Crippen LogP contribution < -0.4 is 0 Å². The fourth-order valence-corrected chi connectivity index (χ4v) is 2.49. The van der Waals surface area contributed by atoms with Gasteiger partial charge in [0, 0.05) is 37.7 Å². The predicted octanol–water partition coefficient (Wildman–Crippen LogP) is 6.06. The third kappa shape index (κ3) is 3.84. The molecular formula is C19H14ClFY-2. The zero-order chi connectivity index (χ0) is 13.9. The smallest absolute Gasteiger partial charge is 0.0899 e. The van der Waals surface area contributed by atoms with Crippen LogP contribution in [0.2, 0.25) is 5.02 Å². The Morgan fingerprint density at radius 3 is 2.18 bits per heavy atom. The maximum atomic E-state index is 14.3. The van der Waals surface area contributed by atoms with E-state index in [1.807, 2.05) is 42.5 Å². The summed E-state index contributed by atoms with van der Waals surface area (Å²) in [6, 6.07) is 22.9. The summed E-state index contributed by atoms with van der Waals surface area (Å²) >= 11 is 6.24. The molecule has 0 heterocycles. The van der Waals surface area contributed by atoms with Gasteiger partial charge < -0.3 is 7.43 Å². The van der Waals surface area contributed by atoms with Gasteiger partial charge in [0.05, 0.1) is 5.82 Å². The van der Waals surface area contributed by atoms with Crippen LogP contribution in [0, 0.1) is 19.3 Å². The van der Waals surface area contributed by atoms with E-state index in [2.05, 4.69) is 6.07 Å². The van der Waals surface area contributed by atoms with Crippen LogP contribution in [0.4, 0.5) is 4.39 Å². The van der Waals surface area contributed by atoms with E-state index in [0.717, 1.165) is 16.7 Å². The van der Waals surface area contributed by atoms with E-state index < -0.39 is 0 Å². The molecule has 0 fully saturated rings. The molecule has 0 nitrogen and oxygen atoms in total. The maximum Gasteiger partial charge on any atom is 0.0899 e. The molecular weight excluding hydrogens is 372 g/mol. The van der Waals surface area contributed by atoms with Crippen molar-refractivity contribution in [2.45, 2.75) is 0 Å². The summed E-state index contributed by atoms with van der Waals surface area (Å²) in [6.45, 7) is 0. The summed E-state index contributed by atoms with van der Waals surface area (Å²) in [4.78, 5) is 0. The fraction of sp³-hybridized carbons (Fsp3) is 0. The van der Waals surface area contributed by atoms with E-state index in [1.54, 1.807) is 18.2 Å². The molecule has 22 heavy (non-hydrogen) atoms. The van der Waals surface area contributed by atoms with Gasteiger partial charge in [0.15, 0.2) is 0 Å². The van der Waals surface area contributed by atoms with Crippen LogP contribution in [0.3, 0.4) is 0 Å². The van der Waals surface area contributed by atoms with Gasteiger partial charge in [-0.3, -0.25) is 0 Å². The molecule has 0 aromatic heterocycles. The number of hydrogen-bond donors (Lipinski definition) is 0. The largest absolute Gasteiger partial charge is 0.358 e. The molecule has 3 aromatic rings. The second kappa shape index (κ2) is 8.57. The molecule has 0 atom stereocenters. The van der Waals surface area contributed by atoms with Gasteiger partial charge in [-0.05, 0) is 23.3 Å². The molecule has 0 amide bonds. The van der Waals surface area contributed by atoms with Crippen LogP contribution in [-0.2, 0) is 32.7 Å². The first-order valence-corrected chi connectivity index (χ1v) is 6.65. The third-order valence-electron chi connectivity index (χ3n) is 3.16. The Morgan fingerprint density at radius 2 is 1.50 bits per heavy atom. The molecule has 0 spiro atoms. The molecule has 109 valence electrons. The van der Waals surface area contributed by atoms with E-state index in [-0.39, 0.29) is 46.0 Å². The Kier molecular flexibility index (Phi) is 7.42. The second-order valence-electron chi connectivity index (χ2n) is 4.42. The van der Waals surface area contributed by atoms with Crippen LogP contribution >= 0.6 is 11.6 Å². The molecule has 0 aliphatic rings. The molecule has 0 aliphatic heterocycles. The zero-order valence-corrected chi connectivity index (χ0v) is 15.8. The minimum Gasteiger partial charge on any atom is -0.358 e. The number of benzene rings is 3. The Bertz CT molecular complexity index is 741. The van der Waals surface area contributed by atoms with Gasteiger partial charge in [-0.1, -0.05) is 47.5 Å². The Balaban J connectivity index is 0.00000121. The average Bonchev–Trinajstić information content (AvgIpc) is 2.48. The van der Waals surface area contributed by atoms with Crippen LogP contribution in [0.1, 0.15) is 0 Å². The van der Waals surface area contributed by atoms with Crippen molar-refractivity contribution < 1.29 is 37.1 Å². The van der Waals surface area contributed by atoms with E-state index in [0.29, 0.717) is 10.6 Å². The average molecular weight is 386 g/mol. The van der Waals surface area contributed by atoms with Gasteiger partial charge in [-0.2, -0.15) is 0 Å². The monoisotopic (exact) mass is 385 g/mol. The van der Waals surface area contributed by atoms with Gasteiger partial charge in [0.1, 0.15) is 0 Å². The molecule has 0 saturated carbocycles. The summed E-state index contributed by atoms with van der Waals surface area (Å²) in [5.74, 6) is -0.273. The van der Waals surface area contributed by atoms with Crippen LogP contribution in [0.5, 0.6) is 0 Å². The Labute approximate surface area is 161 Å². The Hall–Kier alpha value is -1.02. The van der Waals surface area contributed by atoms with Crippen molar-refractivity contribution in [1.82, 2.24) is 0 Å². The van der Waals surface area contributed by atoms with E-state index in [9.17, 15) is 4.39 Å². The zero-order valence-electron chi connectivity index (χ0n) is 12.2. The van der Waals surface area contributed by atoms with Crippen molar-refractivity contribution in [1.29, 1.82) is 0 Å². The molecule has 1 radical (unpaired) electrons. The first kappa shape index (κ1) is 19.0. The van der Waals surface area contributed by atoms with Crippen LogP contribution in [0.25, 0.3) is 22.3 Å². The summed E-state index contributed by atoms with van der Waals surface area (Å²) in [5.41, 5.74) is 2.85. The minimum absolute atomic E-state index is 0. The molecule has 3 heteroatoms. The summed E-state index contributed by atoms with van der Waals surface area (Å²) < 4.78 is 14.3. The van der Waals surface area contributed by atoms with Crippen molar-refractivity contribution in [3.05, 3.63) is 91.1 Å². The van der Waals surface area contributed by atoms with Crippen molar-refractivity contribution in [3.8, 4) is 22.3 Å². The molecule has 3 rings (SSSR count). The van der Waals surface area contributed by atoms with E-state index in [1.165, 1.54) is 6.07 Å². The summed E-state index contributed by atoms with van der Waals surface area (Å²) in [7, 11) is 0. The van der Waals surface area contributed by atoms with Crippen molar-refractivity contribution in [3.63, 3.8) is 0 Å². The maximum absolute atomic E-state index is 14.3. The normalized spacial score (nSPS) is 9.55. The SMILES string of the molecule is Fc1cccc(-c2ccccc2Cl)c1-c1[c-]cccc1.[CH3-].[Y]. The van der Waals surface area contributed by atoms with E-state index in [4.69, 9.17) is 11.6 Å². The number of halogens is 2. The molecule has 3 aromatic carbocycles. The third-order valence-corrected chi connectivity index (χ3v) is 3.49. The number of hydrogen-bond acceptors (Lipinski definition) is 0. The van der Waals surface area contributed by atoms with Crippen LogP contribution in [0.15, 0.2) is 66.7 Å². The molecule has 0 saturated heterocycles. The van der Waals surface area contributed by atoms with Gasteiger partial charge in [-0.25, -0.2) is 4.39 Å². The summed E-state index contributed by atoms with van der Waals surface area (Å²) in [5, 5.41) is 0.607. The molecule has 0 aliphatic carbocycles. The van der Waals surface area contributed by atoms with Gasteiger partial charge in [0.2, 0.25) is 0 Å². The first-order chi connectivity index (χ1) is 9.77. The van der Waals surface area contributed by atoms with Gasteiger partial charge in [-0.15, -0.1) is 35.9 Å². The minimum atomic E-state index is -0.273. The predicted molar refractivity (Wildman–Crippen MR) is 87.5 cm³/mol. The molecule has 0 N–H and O–H groups in total. The van der Waals surface area contributed by atoms with E-state index >= 15 is 0 Å². The second-order valence-corrected chi connectivity index (χ2v) is 4.83. The number of rotatable bonds is 2. The Morgan fingerprint density at radius 1 is 0.818 bits per heavy atom. The fourth-order valence-electron chi connectivity index (χ4n) is 2.25. The first-order valence-electron chi connectivity index (χ1n) is 6.28.